The number of carbonyl (C=O) groups is 2. The molecule has 1 atom stereocenters. The fourth-order valence-electron chi connectivity index (χ4n) is 3.73. The average molecular weight is 521 g/mol. The molecule has 1 aliphatic heterocycles. The number of methoxy groups -OCH3 is 2. The topological polar surface area (TPSA) is 127 Å². The van der Waals surface area contributed by atoms with E-state index in [9.17, 15) is 18.0 Å². The van der Waals surface area contributed by atoms with Crippen LogP contribution in [-0.4, -0.2) is 89.2 Å². The van der Waals surface area contributed by atoms with Gasteiger partial charge in [0, 0.05) is 39.0 Å². The highest BCUT2D eigenvalue weighted by molar-refractivity contribution is 7.89. The lowest BCUT2D eigenvalue weighted by atomic mass is 10.2. The van der Waals surface area contributed by atoms with Crippen LogP contribution in [0.2, 0.25) is 0 Å². The van der Waals surface area contributed by atoms with Gasteiger partial charge in [-0.25, -0.2) is 13.2 Å². The molecule has 0 radical (unpaired) electrons. The zero-order valence-electron chi connectivity index (χ0n) is 20.6. The summed E-state index contributed by atoms with van der Waals surface area (Å²) in [4.78, 5) is 27.4. The van der Waals surface area contributed by atoms with Crippen molar-refractivity contribution in [2.45, 2.75) is 17.9 Å². The molecule has 2 aromatic rings. The highest BCUT2D eigenvalue weighted by Gasteiger charge is 2.41. The number of carbonyl (C=O) groups excluding carboxylic acids is 2. The summed E-state index contributed by atoms with van der Waals surface area (Å²) in [5.74, 6) is 0.682. The van der Waals surface area contributed by atoms with Crippen LogP contribution < -0.4 is 20.1 Å². The zero-order valence-corrected chi connectivity index (χ0v) is 21.4. The van der Waals surface area contributed by atoms with E-state index < -0.39 is 28.0 Å². The Morgan fingerprint density at radius 3 is 2.28 bits per heavy atom. The van der Waals surface area contributed by atoms with Crippen LogP contribution in [0, 0.1) is 0 Å². The van der Waals surface area contributed by atoms with Gasteiger partial charge in [-0.1, -0.05) is 0 Å². The van der Waals surface area contributed by atoms with Gasteiger partial charge in [0.25, 0.3) is 0 Å². The molecule has 12 heteroatoms. The molecule has 1 unspecified atom stereocenters. The van der Waals surface area contributed by atoms with E-state index in [-0.39, 0.29) is 37.7 Å². The number of piperazine rings is 1. The monoisotopic (exact) mass is 520 g/mol. The molecule has 3 rings (SSSR count). The predicted octanol–water partition coefficient (Wildman–Crippen LogP) is 1.76. The summed E-state index contributed by atoms with van der Waals surface area (Å²) >= 11 is 0. The summed E-state index contributed by atoms with van der Waals surface area (Å²) < 4.78 is 43.5. The molecule has 1 fully saturated rings. The maximum Gasteiger partial charge on any atom is 0.321 e. The number of benzene rings is 2. The summed E-state index contributed by atoms with van der Waals surface area (Å²) in [6.07, 6.45) is 0. The van der Waals surface area contributed by atoms with E-state index in [1.54, 1.807) is 36.4 Å². The molecule has 0 spiro atoms. The molecule has 1 aliphatic rings. The van der Waals surface area contributed by atoms with Crippen molar-refractivity contribution in [1.29, 1.82) is 0 Å². The van der Waals surface area contributed by atoms with Gasteiger partial charge in [0.05, 0.1) is 25.2 Å². The molecular weight excluding hydrogens is 488 g/mol. The van der Waals surface area contributed by atoms with Gasteiger partial charge in [0.15, 0.2) is 0 Å². The normalized spacial score (nSPS) is 16.3. The van der Waals surface area contributed by atoms with Gasteiger partial charge in [-0.2, -0.15) is 4.31 Å². The quantitative estimate of drug-likeness (QED) is 0.457. The second-order valence-electron chi connectivity index (χ2n) is 7.92. The Morgan fingerprint density at radius 2 is 1.67 bits per heavy atom. The number of anilines is 1. The molecule has 196 valence electrons. The van der Waals surface area contributed by atoms with Gasteiger partial charge < -0.3 is 29.7 Å². The van der Waals surface area contributed by atoms with E-state index in [0.717, 1.165) is 4.31 Å². The van der Waals surface area contributed by atoms with Crippen molar-refractivity contribution in [1.82, 2.24) is 14.5 Å². The number of sulfonamides is 1. The Labute approximate surface area is 211 Å². The lowest BCUT2D eigenvalue weighted by Crippen LogP contribution is -2.62. The first-order valence-corrected chi connectivity index (χ1v) is 13.0. The van der Waals surface area contributed by atoms with Crippen LogP contribution in [0.3, 0.4) is 0 Å². The van der Waals surface area contributed by atoms with Gasteiger partial charge in [0.2, 0.25) is 15.9 Å². The van der Waals surface area contributed by atoms with Crippen LogP contribution in [0.4, 0.5) is 10.5 Å². The third kappa shape index (κ3) is 6.65. The minimum Gasteiger partial charge on any atom is -0.497 e. The highest BCUT2D eigenvalue weighted by Crippen LogP contribution is 2.24. The van der Waals surface area contributed by atoms with Gasteiger partial charge in [-0.05, 0) is 55.5 Å². The predicted molar refractivity (Wildman–Crippen MR) is 134 cm³/mol. The smallest absolute Gasteiger partial charge is 0.321 e. The Kier molecular flexibility index (Phi) is 9.51. The molecule has 0 saturated carbocycles. The van der Waals surface area contributed by atoms with Gasteiger partial charge in [-0.3, -0.25) is 4.79 Å². The van der Waals surface area contributed by atoms with E-state index >= 15 is 0 Å². The van der Waals surface area contributed by atoms with E-state index in [1.165, 1.54) is 31.3 Å². The Balaban J connectivity index is 1.78. The second-order valence-corrected chi connectivity index (χ2v) is 9.82. The number of amides is 3. The number of hydrogen-bond acceptors (Lipinski definition) is 7. The summed E-state index contributed by atoms with van der Waals surface area (Å²) in [5.41, 5.74) is 0.554. The molecule has 11 nitrogen and oxygen atoms in total. The van der Waals surface area contributed by atoms with Gasteiger partial charge in [0.1, 0.15) is 17.5 Å². The number of nitrogens with one attached hydrogen (secondary N) is 2. The molecule has 2 N–H and O–H groups in total. The summed E-state index contributed by atoms with van der Waals surface area (Å²) in [5, 5.41) is 5.48. The molecule has 0 aliphatic carbocycles. The Hall–Kier alpha value is -3.35. The van der Waals surface area contributed by atoms with Crippen molar-refractivity contribution < 1.29 is 32.2 Å². The van der Waals surface area contributed by atoms with Crippen LogP contribution in [-0.2, 0) is 19.6 Å². The molecular formula is C24H32N4O7S. The van der Waals surface area contributed by atoms with Crippen molar-refractivity contribution >= 4 is 27.6 Å². The summed E-state index contributed by atoms with van der Waals surface area (Å²) in [7, 11) is -1.03. The van der Waals surface area contributed by atoms with Crippen LogP contribution in [0.15, 0.2) is 53.4 Å². The fraction of sp³-hybridized carbons (Fsp3) is 0.417. The fourth-order valence-corrected chi connectivity index (χ4v) is 5.30. The van der Waals surface area contributed by atoms with Crippen LogP contribution in [0.5, 0.6) is 11.5 Å². The third-order valence-electron chi connectivity index (χ3n) is 5.61. The van der Waals surface area contributed by atoms with Gasteiger partial charge in [-0.15, -0.1) is 0 Å². The average Bonchev–Trinajstić information content (AvgIpc) is 2.89. The second kappa shape index (κ2) is 12.6. The number of urea groups is 1. The number of nitrogens with zero attached hydrogens (tertiary/aromatic N) is 2. The lowest BCUT2D eigenvalue weighted by molar-refractivity contribution is -0.126. The standard InChI is InChI=1S/C24H32N4O7S/c1-4-35-20-7-5-18(6-8-20)26-24(30)27-14-15-28(22(17-27)23(29)25-13-16-33-2)36(31,32)21-11-9-19(34-3)10-12-21/h5-12,22H,4,13-17H2,1-3H3,(H,25,29)(H,26,30). The number of rotatable bonds is 10. The first-order chi connectivity index (χ1) is 17.3. The SMILES string of the molecule is CCOc1ccc(NC(=O)N2CCN(S(=O)(=O)c3ccc(OC)cc3)C(C(=O)NCCOC)C2)cc1. The zero-order chi connectivity index (χ0) is 26.1. The van der Waals surface area contributed by atoms with E-state index in [1.807, 2.05) is 6.92 Å². The molecule has 0 aromatic heterocycles. The van der Waals surface area contributed by atoms with Crippen molar-refractivity contribution in [2.75, 3.05) is 58.9 Å². The van der Waals surface area contributed by atoms with Crippen LogP contribution >= 0.6 is 0 Å². The van der Waals surface area contributed by atoms with E-state index in [0.29, 0.717) is 23.8 Å². The number of ether oxygens (including phenoxy) is 3. The maximum atomic E-state index is 13.4. The first-order valence-electron chi connectivity index (χ1n) is 11.5. The first kappa shape index (κ1) is 27.2. The molecule has 3 amide bonds. The van der Waals surface area contributed by atoms with Crippen molar-refractivity contribution in [3.63, 3.8) is 0 Å². The summed E-state index contributed by atoms with van der Waals surface area (Å²) in [6, 6.07) is 11.3. The van der Waals surface area contributed by atoms with Crippen molar-refractivity contribution in [3.8, 4) is 11.5 Å². The maximum absolute atomic E-state index is 13.4. The largest absolute Gasteiger partial charge is 0.497 e. The Bertz CT molecular complexity index is 1120. The third-order valence-corrected chi connectivity index (χ3v) is 7.53. The van der Waals surface area contributed by atoms with E-state index in [4.69, 9.17) is 14.2 Å². The Morgan fingerprint density at radius 1 is 1.00 bits per heavy atom. The molecule has 2 aromatic carbocycles. The van der Waals surface area contributed by atoms with Crippen molar-refractivity contribution in [3.05, 3.63) is 48.5 Å². The van der Waals surface area contributed by atoms with E-state index in [2.05, 4.69) is 10.6 Å². The highest BCUT2D eigenvalue weighted by atomic mass is 32.2. The molecule has 36 heavy (non-hydrogen) atoms. The van der Waals surface area contributed by atoms with Crippen LogP contribution in [0.25, 0.3) is 0 Å². The minimum atomic E-state index is -4.02. The van der Waals surface area contributed by atoms with Crippen molar-refractivity contribution in [2.24, 2.45) is 0 Å². The molecule has 1 heterocycles. The van der Waals surface area contributed by atoms with Crippen LogP contribution in [0.1, 0.15) is 6.92 Å². The van der Waals surface area contributed by atoms with Gasteiger partial charge >= 0.3 is 6.03 Å². The lowest BCUT2D eigenvalue weighted by Gasteiger charge is -2.39. The summed E-state index contributed by atoms with van der Waals surface area (Å²) in [6.45, 7) is 2.84. The number of hydrogen-bond donors (Lipinski definition) is 2. The minimum absolute atomic E-state index is 0.0327. The molecule has 0 bridgehead atoms. The molecule has 1 saturated heterocycles.